The molecule has 7 nitrogen and oxygen atoms in total. The van der Waals surface area contributed by atoms with Gasteiger partial charge in [0.25, 0.3) is 5.91 Å². The summed E-state index contributed by atoms with van der Waals surface area (Å²) in [6, 6.07) is 12.4. The largest absolute Gasteiger partial charge is 0.493 e. The molecule has 172 valence electrons. The first kappa shape index (κ1) is 23.1. The number of nitrogens with zero attached hydrogens (tertiary/aromatic N) is 4. The minimum Gasteiger partial charge on any atom is -0.493 e. The van der Waals surface area contributed by atoms with Crippen LogP contribution in [0.3, 0.4) is 0 Å². The van der Waals surface area contributed by atoms with Gasteiger partial charge in [-0.1, -0.05) is 29.3 Å². The van der Waals surface area contributed by atoms with Gasteiger partial charge in [-0.25, -0.2) is 9.97 Å². The number of halogens is 2. The van der Waals surface area contributed by atoms with Crippen molar-refractivity contribution in [3.8, 4) is 17.4 Å². The van der Waals surface area contributed by atoms with Gasteiger partial charge in [0, 0.05) is 36.8 Å². The van der Waals surface area contributed by atoms with Crippen molar-refractivity contribution in [2.75, 3.05) is 31.6 Å². The van der Waals surface area contributed by atoms with E-state index in [0.717, 1.165) is 11.4 Å². The van der Waals surface area contributed by atoms with Crippen molar-refractivity contribution in [1.82, 2.24) is 14.9 Å². The average Bonchev–Trinajstić information content (AvgIpc) is 2.80. The number of carbonyl (C=O) groups is 1. The van der Waals surface area contributed by atoms with Crippen LogP contribution in [0.15, 0.2) is 48.8 Å². The fourth-order valence-corrected chi connectivity index (χ4v) is 4.30. The van der Waals surface area contributed by atoms with E-state index in [1.54, 1.807) is 31.4 Å². The summed E-state index contributed by atoms with van der Waals surface area (Å²) in [5.74, 6) is 2.26. The Balaban J connectivity index is 1.47. The van der Waals surface area contributed by atoms with E-state index in [9.17, 15) is 4.79 Å². The highest BCUT2D eigenvalue weighted by Crippen LogP contribution is 2.32. The van der Waals surface area contributed by atoms with Crippen LogP contribution in [0.25, 0.3) is 0 Å². The third-order valence-electron chi connectivity index (χ3n) is 5.54. The minimum atomic E-state index is -0.109. The van der Waals surface area contributed by atoms with Crippen molar-refractivity contribution in [3.05, 3.63) is 70.0 Å². The summed E-state index contributed by atoms with van der Waals surface area (Å²) in [6.45, 7) is 5.75. The van der Waals surface area contributed by atoms with Gasteiger partial charge in [0.1, 0.15) is 12.1 Å². The normalized spacial score (nSPS) is 16.0. The van der Waals surface area contributed by atoms with Crippen LogP contribution >= 0.6 is 23.2 Å². The van der Waals surface area contributed by atoms with Crippen LogP contribution < -0.4 is 14.4 Å². The van der Waals surface area contributed by atoms with Gasteiger partial charge in [0.15, 0.2) is 11.5 Å². The van der Waals surface area contributed by atoms with Crippen LogP contribution in [0, 0.1) is 6.92 Å². The van der Waals surface area contributed by atoms with Crippen LogP contribution in [0.4, 0.5) is 5.82 Å². The molecule has 33 heavy (non-hydrogen) atoms. The summed E-state index contributed by atoms with van der Waals surface area (Å²) in [5.41, 5.74) is 1.52. The molecule has 0 spiro atoms. The Morgan fingerprint density at radius 3 is 2.61 bits per heavy atom. The molecule has 0 bridgehead atoms. The first-order valence-corrected chi connectivity index (χ1v) is 11.3. The Morgan fingerprint density at radius 2 is 1.88 bits per heavy atom. The van der Waals surface area contributed by atoms with E-state index in [0.29, 0.717) is 52.6 Å². The zero-order valence-corrected chi connectivity index (χ0v) is 20.1. The molecule has 0 unspecified atom stereocenters. The molecule has 2 heterocycles. The van der Waals surface area contributed by atoms with Crippen molar-refractivity contribution in [3.63, 3.8) is 0 Å². The molecule has 0 radical (unpaired) electrons. The summed E-state index contributed by atoms with van der Waals surface area (Å²) < 4.78 is 11.4. The van der Waals surface area contributed by atoms with E-state index in [2.05, 4.69) is 14.9 Å². The highest BCUT2D eigenvalue weighted by molar-refractivity contribution is 6.36. The summed E-state index contributed by atoms with van der Waals surface area (Å²) in [7, 11) is 1.60. The van der Waals surface area contributed by atoms with E-state index in [-0.39, 0.29) is 11.9 Å². The number of hydrogen-bond acceptors (Lipinski definition) is 6. The van der Waals surface area contributed by atoms with Gasteiger partial charge in [-0.2, -0.15) is 0 Å². The average molecular weight is 487 g/mol. The first-order valence-electron chi connectivity index (χ1n) is 10.5. The third-order valence-corrected chi connectivity index (χ3v) is 6.08. The van der Waals surface area contributed by atoms with E-state index in [1.807, 2.05) is 36.9 Å². The van der Waals surface area contributed by atoms with Gasteiger partial charge in [-0.3, -0.25) is 4.79 Å². The lowest BCUT2D eigenvalue weighted by Gasteiger charge is -2.40. The number of methoxy groups -OCH3 is 1. The topological polar surface area (TPSA) is 67.8 Å². The Kier molecular flexibility index (Phi) is 6.91. The third kappa shape index (κ3) is 5.15. The Hall–Kier alpha value is -3.03. The maximum atomic E-state index is 13.0. The van der Waals surface area contributed by atoms with Gasteiger partial charge in [-0.05, 0) is 49.7 Å². The van der Waals surface area contributed by atoms with Gasteiger partial charge >= 0.3 is 0 Å². The second-order valence-corrected chi connectivity index (χ2v) is 8.73. The summed E-state index contributed by atoms with van der Waals surface area (Å²) in [5, 5.41) is 0.853. The summed E-state index contributed by atoms with van der Waals surface area (Å²) in [6.07, 6.45) is 1.47. The molecule has 1 aromatic heterocycles. The van der Waals surface area contributed by atoms with Gasteiger partial charge in [-0.15, -0.1) is 0 Å². The molecule has 1 saturated heterocycles. The van der Waals surface area contributed by atoms with Crippen molar-refractivity contribution in [2.24, 2.45) is 0 Å². The maximum absolute atomic E-state index is 13.0. The number of ether oxygens (including phenoxy) is 2. The Morgan fingerprint density at radius 1 is 1.06 bits per heavy atom. The molecule has 3 aromatic rings. The van der Waals surface area contributed by atoms with Crippen LogP contribution in [-0.4, -0.2) is 53.6 Å². The monoisotopic (exact) mass is 486 g/mol. The molecule has 1 aliphatic heterocycles. The second kappa shape index (κ2) is 9.85. The predicted octanol–water partition coefficient (Wildman–Crippen LogP) is 5.24. The van der Waals surface area contributed by atoms with E-state index >= 15 is 0 Å². The molecule has 0 aliphatic carbocycles. The number of aryl methyl sites for hydroxylation is 1. The number of aromatic nitrogens is 2. The fraction of sp³-hybridized carbons (Fsp3) is 0.292. The van der Waals surface area contributed by atoms with Crippen molar-refractivity contribution < 1.29 is 14.3 Å². The summed E-state index contributed by atoms with van der Waals surface area (Å²) in [4.78, 5) is 25.6. The minimum absolute atomic E-state index is 0.0467. The number of hydrogen-bond donors (Lipinski definition) is 0. The van der Waals surface area contributed by atoms with Crippen molar-refractivity contribution in [2.45, 2.75) is 19.9 Å². The lowest BCUT2D eigenvalue weighted by Crippen LogP contribution is -2.54. The van der Waals surface area contributed by atoms with Gasteiger partial charge in [0.2, 0.25) is 5.88 Å². The number of piperazine rings is 1. The first-order chi connectivity index (χ1) is 15.9. The number of amides is 1. The van der Waals surface area contributed by atoms with E-state index < -0.39 is 0 Å². The summed E-state index contributed by atoms with van der Waals surface area (Å²) >= 11 is 12.2. The molecule has 9 heteroatoms. The SMILES string of the molecule is COc1cc(C)ccc1Oc1cc(N2CCN(C(=O)c3ccc(Cl)cc3Cl)[C@H](C)C2)ncn1. The molecule has 1 fully saturated rings. The molecule has 0 saturated carbocycles. The quantitative estimate of drug-likeness (QED) is 0.490. The maximum Gasteiger partial charge on any atom is 0.255 e. The lowest BCUT2D eigenvalue weighted by molar-refractivity contribution is 0.0674. The number of rotatable bonds is 5. The van der Waals surface area contributed by atoms with Gasteiger partial charge in [0.05, 0.1) is 17.7 Å². The second-order valence-electron chi connectivity index (χ2n) is 7.89. The standard InChI is InChI=1S/C24H24Cl2N4O3/c1-15-4-7-20(21(10-15)32-3)33-23-12-22(27-14-28-23)29-8-9-30(16(2)13-29)24(31)18-6-5-17(25)11-19(18)26/h4-7,10-12,14,16H,8-9,13H2,1-3H3/t16-/m1/s1. The Bertz CT molecular complexity index is 1170. The molecule has 0 N–H and O–H groups in total. The number of anilines is 1. The van der Waals surface area contributed by atoms with Crippen LogP contribution in [0.1, 0.15) is 22.8 Å². The zero-order chi connectivity index (χ0) is 23.5. The van der Waals surface area contributed by atoms with Crippen molar-refractivity contribution in [1.29, 1.82) is 0 Å². The molecule has 2 aromatic carbocycles. The zero-order valence-electron chi connectivity index (χ0n) is 18.6. The van der Waals surface area contributed by atoms with Crippen LogP contribution in [0.2, 0.25) is 10.0 Å². The molecule has 1 amide bonds. The van der Waals surface area contributed by atoms with Crippen LogP contribution in [0.5, 0.6) is 17.4 Å². The lowest BCUT2D eigenvalue weighted by atomic mass is 10.1. The fourth-order valence-electron chi connectivity index (χ4n) is 3.82. The highest BCUT2D eigenvalue weighted by Gasteiger charge is 2.30. The van der Waals surface area contributed by atoms with E-state index in [4.69, 9.17) is 32.7 Å². The number of benzene rings is 2. The molecular formula is C24H24Cl2N4O3. The number of carbonyl (C=O) groups excluding carboxylic acids is 1. The predicted molar refractivity (Wildman–Crippen MR) is 129 cm³/mol. The smallest absolute Gasteiger partial charge is 0.255 e. The highest BCUT2D eigenvalue weighted by atomic mass is 35.5. The van der Waals surface area contributed by atoms with Gasteiger partial charge < -0.3 is 19.3 Å². The molecular weight excluding hydrogens is 463 g/mol. The molecule has 1 aliphatic rings. The Labute approximate surface area is 202 Å². The van der Waals surface area contributed by atoms with Crippen molar-refractivity contribution >= 4 is 34.9 Å². The van der Waals surface area contributed by atoms with E-state index in [1.165, 1.54) is 6.33 Å². The van der Waals surface area contributed by atoms with Crippen LogP contribution in [-0.2, 0) is 0 Å². The molecule has 1 atom stereocenters. The molecule has 4 rings (SSSR count).